The van der Waals surface area contributed by atoms with Gasteiger partial charge in [0, 0.05) is 24.0 Å². The van der Waals surface area contributed by atoms with Gasteiger partial charge in [-0.15, -0.1) is 0 Å². The van der Waals surface area contributed by atoms with E-state index in [-0.39, 0.29) is 11.1 Å². The number of hydrogen-bond donors (Lipinski definition) is 1. The van der Waals surface area contributed by atoms with Gasteiger partial charge in [0.1, 0.15) is 17.4 Å². The fraction of sp³-hybridized carbons (Fsp3) is 0.360. The number of benzene rings is 2. The summed E-state index contributed by atoms with van der Waals surface area (Å²) < 4.78 is 5.41. The van der Waals surface area contributed by atoms with Gasteiger partial charge in [-0.2, -0.15) is 5.26 Å². The molecule has 1 atom stereocenters. The number of ether oxygens (including phenoxy) is 1. The number of amides is 1. The molecule has 0 unspecified atom stereocenters. The van der Waals surface area contributed by atoms with Crippen molar-refractivity contribution in [3.8, 4) is 11.8 Å². The topological polar surface area (TPSA) is 65.4 Å². The normalized spacial score (nSPS) is 17.7. The van der Waals surface area contributed by atoms with Crippen molar-refractivity contribution in [2.45, 2.75) is 45.6 Å². The molecule has 30 heavy (non-hydrogen) atoms. The maximum Gasteiger partial charge on any atom is 0.266 e. The number of anilines is 2. The summed E-state index contributed by atoms with van der Waals surface area (Å²) in [7, 11) is 2.12. The van der Waals surface area contributed by atoms with Crippen LogP contribution in [-0.4, -0.2) is 25.1 Å². The minimum Gasteiger partial charge on any atom is -0.494 e. The highest BCUT2D eigenvalue weighted by Gasteiger charge is 2.33. The molecule has 1 amide bonds. The van der Waals surface area contributed by atoms with Gasteiger partial charge < -0.3 is 15.0 Å². The Morgan fingerprint density at radius 1 is 1.30 bits per heavy atom. The van der Waals surface area contributed by atoms with Crippen molar-refractivity contribution in [1.82, 2.24) is 0 Å². The van der Waals surface area contributed by atoms with E-state index in [1.807, 2.05) is 19.1 Å². The molecule has 0 saturated heterocycles. The highest BCUT2D eigenvalue weighted by molar-refractivity contribution is 6.09. The molecule has 3 rings (SSSR count). The molecule has 0 saturated carbocycles. The van der Waals surface area contributed by atoms with E-state index in [4.69, 9.17) is 4.74 Å². The highest BCUT2D eigenvalue weighted by Crippen LogP contribution is 2.42. The zero-order chi connectivity index (χ0) is 21.9. The molecule has 0 spiro atoms. The summed E-state index contributed by atoms with van der Waals surface area (Å²) in [5.74, 6) is 0.719. The molecular weight excluding hydrogens is 374 g/mol. The van der Waals surface area contributed by atoms with Crippen LogP contribution in [-0.2, 0) is 4.79 Å². The first kappa shape index (κ1) is 21.4. The lowest BCUT2D eigenvalue weighted by molar-refractivity contribution is -0.112. The van der Waals surface area contributed by atoms with Crippen LogP contribution in [0.2, 0.25) is 0 Å². The van der Waals surface area contributed by atoms with Gasteiger partial charge in [-0.1, -0.05) is 13.0 Å². The summed E-state index contributed by atoms with van der Waals surface area (Å²) in [6.07, 6.45) is 2.70. The number of carbonyl (C=O) groups is 1. The summed E-state index contributed by atoms with van der Waals surface area (Å²) in [4.78, 5) is 14.9. The Bertz CT molecular complexity index is 1000. The van der Waals surface area contributed by atoms with Gasteiger partial charge in [-0.05, 0) is 86.7 Å². The number of nitriles is 1. The van der Waals surface area contributed by atoms with Crippen molar-refractivity contribution in [3.05, 3.63) is 59.2 Å². The first-order valence-corrected chi connectivity index (χ1v) is 10.3. The van der Waals surface area contributed by atoms with Crippen LogP contribution in [0.5, 0.6) is 5.75 Å². The highest BCUT2D eigenvalue weighted by atomic mass is 16.5. The molecule has 0 aliphatic carbocycles. The van der Waals surface area contributed by atoms with E-state index in [0.717, 1.165) is 17.7 Å². The largest absolute Gasteiger partial charge is 0.494 e. The SMILES string of the molecule is CCOc1ccc(NC(=O)/C(C#N)=C\c2ccc3c(c2)[C@H](C)CC(C)(C)N3C)cc1. The fourth-order valence-corrected chi connectivity index (χ4v) is 4.00. The summed E-state index contributed by atoms with van der Waals surface area (Å²) >= 11 is 0. The summed E-state index contributed by atoms with van der Waals surface area (Å²) in [5.41, 5.74) is 4.09. The second-order valence-electron chi connectivity index (χ2n) is 8.38. The molecule has 2 aromatic rings. The van der Waals surface area contributed by atoms with E-state index in [9.17, 15) is 10.1 Å². The second kappa shape index (κ2) is 8.62. The second-order valence-corrected chi connectivity index (χ2v) is 8.38. The molecule has 0 aromatic heterocycles. The Balaban J connectivity index is 1.81. The monoisotopic (exact) mass is 403 g/mol. The molecule has 1 aliphatic heterocycles. The van der Waals surface area contributed by atoms with E-state index in [2.05, 4.69) is 50.2 Å². The number of hydrogen-bond acceptors (Lipinski definition) is 4. The van der Waals surface area contributed by atoms with Crippen LogP contribution in [0, 0.1) is 11.3 Å². The third-order valence-electron chi connectivity index (χ3n) is 5.76. The van der Waals surface area contributed by atoms with Gasteiger partial charge in [0.15, 0.2) is 0 Å². The van der Waals surface area contributed by atoms with Crippen molar-refractivity contribution in [2.24, 2.45) is 0 Å². The van der Waals surface area contributed by atoms with Crippen LogP contribution in [0.4, 0.5) is 11.4 Å². The maximum atomic E-state index is 12.6. The van der Waals surface area contributed by atoms with E-state index >= 15 is 0 Å². The Morgan fingerprint density at radius 2 is 2.00 bits per heavy atom. The van der Waals surface area contributed by atoms with E-state index < -0.39 is 5.91 Å². The van der Waals surface area contributed by atoms with E-state index in [0.29, 0.717) is 18.2 Å². The van der Waals surface area contributed by atoms with Crippen LogP contribution in [0.15, 0.2) is 48.0 Å². The third kappa shape index (κ3) is 4.49. The predicted octanol–water partition coefficient (Wildman–Crippen LogP) is 5.35. The Kier molecular flexibility index (Phi) is 6.17. The minimum atomic E-state index is -0.425. The smallest absolute Gasteiger partial charge is 0.266 e. The summed E-state index contributed by atoms with van der Waals surface area (Å²) in [5, 5.41) is 12.3. The molecule has 156 valence electrons. The van der Waals surface area contributed by atoms with Crippen LogP contribution in [0.3, 0.4) is 0 Å². The van der Waals surface area contributed by atoms with Crippen molar-refractivity contribution in [1.29, 1.82) is 5.26 Å². The Hall–Kier alpha value is -3.26. The van der Waals surface area contributed by atoms with Crippen molar-refractivity contribution in [2.75, 3.05) is 23.9 Å². The van der Waals surface area contributed by atoms with Crippen LogP contribution in [0.25, 0.3) is 6.08 Å². The lowest BCUT2D eigenvalue weighted by atomic mass is 9.80. The number of carbonyl (C=O) groups excluding carboxylic acids is 1. The van der Waals surface area contributed by atoms with Gasteiger partial charge in [0.05, 0.1) is 6.61 Å². The van der Waals surface area contributed by atoms with Crippen molar-refractivity contribution in [3.63, 3.8) is 0 Å². The molecule has 5 nitrogen and oxygen atoms in total. The molecule has 1 N–H and O–H groups in total. The molecule has 1 aliphatic rings. The van der Waals surface area contributed by atoms with E-state index in [1.54, 1.807) is 30.3 Å². The lowest BCUT2D eigenvalue weighted by Gasteiger charge is -2.45. The van der Waals surface area contributed by atoms with Crippen LogP contribution in [0.1, 0.15) is 51.2 Å². The van der Waals surface area contributed by atoms with Crippen molar-refractivity contribution >= 4 is 23.4 Å². The van der Waals surface area contributed by atoms with Gasteiger partial charge >= 0.3 is 0 Å². The van der Waals surface area contributed by atoms with Gasteiger partial charge in [-0.3, -0.25) is 4.79 Å². The standard InChI is InChI=1S/C25H29N3O2/c1-6-30-21-10-8-20(9-11-21)27-24(29)19(16-26)13-18-7-12-23-22(14-18)17(2)15-25(3,4)28(23)5/h7-14,17H,6,15H2,1-5H3,(H,27,29)/b19-13-/t17-/m1/s1. The quantitative estimate of drug-likeness (QED) is 0.540. The summed E-state index contributed by atoms with van der Waals surface area (Å²) in [6, 6.07) is 15.3. The third-order valence-corrected chi connectivity index (χ3v) is 5.76. The Morgan fingerprint density at radius 3 is 2.63 bits per heavy atom. The maximum absolute atomic E-state index is 12.6. The number of fused-ring (bicyclic) bond motifs is 1. The predicted molar refractivity (Wildman–Crippen MR) is 122 cm³/mol. The van der Waals surface area contributed by atoms with Crippen molar-refractivity contribution < 1.29 is 9.53 Å². The zero-order valence-corrected chi connectivity index (χ0v) is 18.3. The molecule has 0 radical (unpaired) electrons. The average molecular weight is 404 g/mol. The molecule has 2 aromatic carbocycles. The molecular formula is C25H29N3O2. The average Bonchev–Trinajstić information content (AvgIpc) is 2.71. The first-order chi connectivity index (χ1) is 14.2. The van der Waals surface area contributed by atoms with Crippen LogP contribution < -0.4 is 15.0 Å². The fourth-order valence-electron chi connectivity index (χ4n) is 4.00. The van der Waals surface area contributed by atoms with Gasteiger partial charge in [0.25, 0.3) is 5.91 Å². The minimum absolute atomic E-state index is 0.0704. The van der Waals surface area contributed by atoms with Gasteiger partial charge in [-0.25, -0.2) is 0 Å². The number of nitrogens with one attached hydrogen (secondary N) is 1. The van der Waals surface area contributed by atoms with Crippen LogP contribution >= 0.6 is 0 Å². The first-order valence-electron chi connectivity index (χ1n) is 10.3. The van der Waals surface area contributed by atoms with E-state index in [1.165, 1.54) is 11.3 Å². The molecule has 0 fully saturated rings. The molecule has 5 heteroatoms. The molecule has 1 heterocycles. The molecule has 0 bridgehead atoms. The summed E-state index contributed by atoms with van der Waals surface area (Å²) in [6.45, 7) is 9.23. The number of nitrogens with zero attached hydrogens (tertiary/aromatic N) is 2. The Labute approximate surface area is 179 Å². The van der Waals surface area contributed by atoms with Gasteiger partial charge in [0.2, 0.25) is 0 Å². The zero-order valence-electron chi connectivity index (χ0n) is 18.3. The number of rotatable bonds is 5. The lowest BCUT2D eigenvalue weighted by Crippen LogP contribution is -2.45.